The van der Waals surface area contributed by atoms with Crippen LogP contribution in [0.15, 0.2) is 12.1 Å². The molecule has 0 radical (unpaired) electrons. The standard InChI is InChI=1S/C12H17N3O2S/c1-9-2-3-11(15(16)17)12(13)10(9)8-14-4-6-18-7-5-14/h2-3H,4-8,13H2,1H3. The minimum absolute atomic E-state index is 0.0157. The topological polar surface area (TPSA) is 72.4 Å². The molecule has 0 spiro atoms. The van der Waals surface area contributed by atoms with Crippen LogP contribution in [0.25, 0.3) is 0 Å². The lowest BCUT2D eigenvalue weighted by Gasteiger charge is -2.27. The second-order valence-electron chi connectivity index (χ2n) is 4.44. The summed E-state index contributed by atoms with van der Waals surface area (Å²) >= 11 is 1.94. The summed E-state index contributed by atoms with van der Waals surface area (Å²) in [5.74, 6) is 2.24. The Hall–Kier alpha value is -1.27. The maximum absolute atomic E-state index is 10.9. The molecule has 18 heavy (non-hydrogen) atoms. The molecule has 98 valence electrons. The Morgan fingerprint density at radius 2 is 2.11 bits per heavy atom. The van der Waals surface area contributed by atoms with Crippen LogP contribution < -0.4 is 5.73 Å². The largest absolute Gasteiger partial charge is 0.393 e. The van der Waals surface area contributed by atoms with Gasteiger partial charge in [0.15, 0.2) is 0 Å². The maximum atomic E-state index is 10.9. The first-order valence-electron chi connectivity index (χ1n) is 5.92. The third-order valence-corrected chi connectivity index (χ3v) is 4.19. The maximum Gasteiger partial charge on any atom is 0.292 e. The zero-order chi connectivity index (χ0) is 13.1. The van der Waals surface area contributed by atoms with E-state index in [9.17, 15) is 10.1 Å². The molecule has 0 unspecified atom stereocenters. The highest BCUT2D eigenvalue weighted by molar-refractivity contribution is 7.99. The van der Waals surface area contributed by atoms with Gasteiger partial charge in [0.05, 0.1) is 4.92 Å². The van der Waals surface area contributed by atoms with Crippen molar-refractivity contribution in [3.05, 3.63) is 33.4 Å². The van der Waals surface area contributed by atoms with Crippen molar-refractivity contribution in [2.24, 2.45) is 0 Å². The molecule has 1 aromatic rings. The molecule has 1 heterocycles. The van der Waals surface area contributed by atoms with Crippen molar-refractivity contribution >= 4 is 23.1 Å². The third kappa shape index (κ3) is 2.76. The van der Waals surface area contributed by atoms with Gasteiger partial charge in [0.1, 0.15) is 5.69 Å². The Bertz CT molecular complexity index is 459. The molecular formula is C12H17N3O2S. The van der Waals surface area contributed by atoms with Crippen molar-refractivity contribution in [2.75, 3.05) is 30.3 Å². The highest BCUT2D eigenvalue weighted by atomic mass is 32.2. The number of nitrogen functional groups attached to an aromatic ring is 1. The Morgan fingerprint density at radius 3 is 2.72 bits per heavy atom. The molecule has 2 N–H and O–H groups in total. The van der Waals surface area contributed by atoms with Crippen molar-refractivity contribution in [2.45, 2.75) is 13.5 Å². The van der Waals surface area contributed by atoms with Gasteiger partial charge < -0.3 is 5.73 Å². The van der Waals surface area contributed by atoms with Crippen molar-refractivity contribution < 1.29 is 4.92 Å². The molecule has 1 aromatic carbocycles. The summed E-state index contributed by atoms with van der Waals surface area (Å²) in [6, 6.07) is 3.27. The molecule has 5 nitrogen and oxygen atoms in total. The summed E-state index contributed by atoms with van der Waals surface area (Å²) in [5, 5.41) is 10.9. The van der Waals surface area contributed by atoms with Crippen LogP contribution >= 0.6 is 11.8 Å². The predicted octanol–water partition coefficient (Wildman–Crippen LogP) is 2.03. The number of nitro benzene ring substituents is 1. The van der Waals surface area contributed by atoms with E-state index in [1.807, 2.05) is 18.7 Å². The van der Waals surface area contributed by atoms with Crippen LogP contribution in [-0.2, 0) is 6.54 Å². The Morgan fingerprint density at radius 1 is 1.44 bits per heavy atom. The Labute approximate surface area is 110 Å². The lowest BCUT2D eigenvalue weighted by molar-refractivity contribution is -0.384. The SMILES string of the molecule is Cc1ccc([N+](=O)[O-])c(N)c1CN1CCSCC1. The molecule has 2 rings (SSSR count). The van der Waals surface area contributed by atoms with Crippen molar-refractivity contribution in [3.63, 3.8) is 0 Å². The molecule has 0 aliphatic carbocycles. The first kappa shape index (κ1) is 13.2. The smallest absolute Gasteiger partial charge is 0.292 e. The van der Waals surface area contributed by atoms with Gasteiger partial charge in [-0.3, -0.25) is 15.0 Å². The number of aryl methyl sites for hydroxylation is 1. The van der Waals surface area contributed by atoms with Gasteiger partial charge in [-0.15, -0.1) is 0 Å². The molecule has 1 fully saturated rings. The fourth-order valence-corrected chi connectivity index (χ4v) is 3.09. The quantitative estimate of drug-likeness (QED) is 0.515. The van der Waals surface area contributed by atoms with E-state index in [0.717, 1.165) is 35.7 Å². The second-order valence-corrected chi connectivity index (χ2v) is 5.66. The lowest BCUT2D eigenvalue weighted by Crippen LogP contribution is -2.32. The molecule has 1 aliphatic heterocycles. The number of anilines is 1. The van der Waals surface area contributed by atoms with E-state index in [0.29, 0.717) is 12.2 Å². The molecule has 1 aliphatic rings. The summed E-state index contributed by atoms with van der Waals surface area (Å²) in [5.41, 5.74) is 8.19. The second kappa shape index (κ2) is 5.58. The molecule has 0 aromatic heterocycles. The Kier molecular flexibility index (Phi) is 4.08. The van der Waals surface area contributed by atoms with Crippen LogP contribution in [0.5, 0.6) is 0 Å². The van der Waals surface area contributed by atoms with Gasteiger partial charge in [0, 0.05) is 37.2 Å². The van der Waals surface area contributed by atoms with Gasteiger partial charge in [-0.05, 0) is 18.1 Å². The molecule has 0 saturated carbocycles. The number of hydrogen-bond donors (Lipinski definition) is 1. The third-order valence-electron chi connectivity index (χ3n) is 3.25. The minimum Gasteiger partial charge on any atom is -0.393 e. The van der Waals surface area contributed by atoms with E-state index in [-0.39, 0.29) is 5.69 Å². The van der Waals surface area contributed by atoms with Gasteiger partial charge in [-0.2, -0.15) is 11.8 Å². The van der Waals surface area contributed by atoms with E-state index in [1.54, 1.807) is 6.07 Å². The van der Waals surface area contributed by atoms with Crippen LogP contribution in [-0.4, -0.2) is 34.4 Å². The van der Waals surface area contributed by atoms with Crippen molar-refractivity contribution in [3.8, 4) is 0 Å². The predicted molar refractivity (Wildman–Crippen MR) is 74.8 cm³/mol. The number of nitrogens with zero attached hydrogens (tertiary/aromatic N) is 2. The molecule has 6 heteroatoms. The molecule has 0 bridgehead atoms. The van der Waals surface area contributed by atoms with Crippen molar-refractivity contribution in [1.82, 2.24) is 4.90 Å². The van der Waals surface area contributed by atoms with Gasteiger partial charge in [0.25, 0.3) is 5.69 Å². The van der Waals surface area contributed by atoms with E-state index in [2.05, 4.69) is 4.90 Å². The summed E-state index contributed by atoms with van der Waals surface area (Å²) in [6.45, 7) is 4.70. The number of hydrogen-bond acceptors (Lipinski definition) is 5. The van der Waals surface area contributed by atoms with Crippen LogP contribution in [0, 0.1) is 17.0 Å². The van der Waals surface area contributed by atoms with E-state index in [4.69, 9.17) is 5.73 Å². The van der Waals surface area contributed by atoms with Gasteiger partial charge in [-0.25, -0.2) is 0 Å². The van der Waals surface area contributed by atoms with Gasteiger partial charge in [0.2, 0.25) is 0 Å². The van der Waals surface area contributed by atoms with Crippen LogP contribution in [0.2, 0.25) is 0 Å². The van der Waals surface area contributed by atoms with E-state index >= 15 is 0 Å². The zero-order valence-corrected chi connectivity index (χ0v) is 11.2. The molecular weight excluding hydrogens is 250 g/mol. The lowest BCUT2D eigenvalue weighted by atomic mass is 10.0. The number of thioether (sulfide) groups is 1. The highest BCUT2D eigenvalue weighted by Gasteiger charge is 2.19. The first-order valence-corrected chi connectivity index (χ1v) is 7.07. The van der Waals surface area contributed by atoms with Gasteiger partial charge >= 0.3 is 0 Å². The molecule has 0 atom stereocenters. The first-order chi connectivity index (χ1) is 8.59. The highest BCUT2D eigenvalue weighted by Crippen LogP contribution is 2.29. The van der Waals surface area contributed by atoms with E-state index in [1.165, 1.54) is 6.07 Å². The minimum atomic E-state index is -0.412. The van der Waals surface area contributed by atoms with Crippen molar-refractivity contribution in [1.29, 1.82) is 0 Å². The average Bonchev–Trinajstić information content (AvgIpc) is 2.35. The average molecular weight is 267 g/mol. The molecule has 0 amide bonds. The molecule has 1 saturated heterocycles. The number of nitrogens with two attached hydrogens (primary N) is 1. The van der Waals surface area contributed by atoms with Crippen LogP contribution in [0.1, 0.15) is 11.1 Å². The monoisotopic (exact) mass is 267 g/mol. The van der Waals surface area contributed by atoms with Crippen LogP contribution in [0.3, 0.4) is 0 Å². The zero-order valence-electron chi connectivity index (χ0n) is 10.4. The van der Waals surface area contributed by atoms with E-state index < -0.39 is 4.92 Å². The summed E-state index contributed by atoms with van der Waals surface area (Å²) in [7, 11) is 0. The van der Waals surface area contributed by atoms with Gasteiger partial charge in [-0.1, -0.05) is 6.07 Å². The Balaban J connectivity index is 2.25. The summed E-state index contributed by atoms with van der Waals surface area (Å²) in [6.07, 6.45) is 0. The van der Waals surface area contributed by atoms with Crippen LogP contribution in [0.4, 0.5) is 11.4 Å². The number of rotatable bonds is 3. The normalized spacial score (nSPS) is 16.7. The fourth-order valence-electron chi connectivity index (χ4n) is 2.11. The fraction of sp³-hybridized carbons (Fsp3) is 0.500. The summed E-state index contributed by atoms with van der Waals surface area (Å²) in [4.78, 5) is 12.8. The number of nitro groups is 1. The summed E-state index contributed by atoms with van der Waals surface area (Å²) < 4.78 is 0. The number of benzene rings is 1.